The highest BCUT2D eigenvalue weighted by Gasteiger charge is 2.17. The fourth-order valence-corrected chi connectivity index (χ4v) is 1.19. The second-order valence-corrected chi connectivity index (χ2v) is 3.33. The van der Waals surface area contributed by atoms with Crippen molar-refractivity contribution in [3.05, 3.63) is 24.2 Å². The van der Waals surface area contributed by atoms with Gasteiger partial charge in [0, 0.05) is 12.5 Å². The average Bonchev–Trinajstić information content (AvgIpc) is 2.66. The van der Waals surface area contributed by atoms with Gasteiger partial charge in [-0.2, -0.15) is 8.78 Å². The number of alkyl halides is 2. The summed E-state index contributed by atoms with van der Waals surface area (Å²) in [4.78, 5) is 10.6. The third-order valence-electron chi connectivity index (χ3n) is 1.99. The van der Waals surface area contributed by atoms with Gasteiger partial charge in [0.1, 0.15) is 5.76 Å². The van der Waals surface area contributed by atoms with E-state index in [4.69, 9.17) is 4.42 Å². The number of rotatable bonds is 5. The molecule has 0 saturated heterocycles. The summed E-state index contributed by atoms with van der Waals surface area (Å²) < 4.78 is 28.8. The van der Waals surface area contributed by atoms with E-state index in [0.717, 1.165) is 5.76 Å². The number of nitrogens with one attached hydrogen (secondary N) is 1. The number of hydrogen-bond acceptors (Lipinski definition) is 2. The van der Waals surface area contributed by atoms with Crippen LogP contribution in [0.4, 0.5) is 8.78 Å². The second-order valence-electron chi connectivity index (χ2n) is 3.33. The molecular formula is C10H13F2NO2. The summed E-state index contributed by atoms with van der Waals surface area (Å²) in [5.74, 6) is -0.435. The summed E-state index contributed by atoms with van der Waals surface area (Å²) in [6.45, 7) is 1.68. The zero-order chi connectivity index (χ0) is 11.3. The molecule has 1 rings (SSSR count). The number of hydrogen-bond donors (Lipinski definition) is 1. The van der Waals surface area contributed by atoms with Gasteiger partial charge < -0.3 is 9.73 Å². The Morgan fingerprint density at radius 2 is 2.33 bits per heavy atom. The molecule has 1 aromatic rings. The molecule has 1 aromatic heterocycles. The molecule has 1 heterocycles. The van der Waals surface area contributed by atoms with E-state index in [-0.39, 0.29) is 6.04 Å². The maximum Gasteiger partial charge on any atom is 0.315 e. The largest absolute Gasteiger partial charge is 0.469 e. The van der Waals surface area contributed by atoms with E-state index in [2.05, 4.69) is 5.32 Å². The van der Waals surface area contributed by atoms with Crippen molar-refractivity contribution in [2.45, 2.75) is 32.2 Å². The minimum Gasteiger partial charge on any atom is -0.469 e. The van der Waals surface area contributed by atoms with E-state index < -0.39 is 12.3 Å². The van der Waals surface area contributed by atoms with Crippen LogP contribution in [0.5, 0.6) is 0 Å². The minimum atomic E-state index is -2.95. The first-order chi connectivity index (χ1) is 7.09. The van der Waals surface area contributed by atoms with E-state index in [0.29, 0.717) is 12.8 Å². The molecule has 0 aliphatic rings. The van der Waals surface area contributed by atoms with Crippen molar-refractivity contribution >= 4 is 5.91 Å². The van der Waals surface area contributed by atoms with Crippen LogP contribution in [0.3, 0.4) is 0 Å². The van der Waals surface area contributed by atoms with E-state index in [9.17, 15) is 13.6 Å². The minimum absolute atomic E-state index is 0.281. The van der Waals surface area contributed by atoms with Crippen LogP contribution < -0.4 is 5.32 Å². The number of amides is 1. The van der Waals surface area contributed by atoms with Gasteiger partial charge in [-0.15, -0.1) is 0 Å². The van der Waals surface area contributed by atoms with E-state index in [1.54, 1.807) is 19.3 Å². The molecule has 0 fully saturated rings. The van der Waals surface area contributed by atoms with Crippen molar-refractivity contribution in [2.75, 3.05) is 0 Å². The monoisotopic (exact) mass is 217 g/mol. The molecule has 1 N–H and O–H groups in total. The van der Waals surface area contributed by atoms with Crippen LogP contribution in [0.2, 0.25) is 0 Å². The highest BCUT2D eigenvalue weighted by molar-refractivity contribution is 5.79. The molecule has 0 bridgehead atoms. The van der Waals surface area contributed by atoms with E-state index >= 15 is 0 Å². The van der Waals surface area contributed by atoms with Gasteiger partial charge in [0.25, 0.3) is 5.91 Å². The molecule has 1 amide bonds. The first-order valence-corrected chi connectivity index (χ1v) is 4.70. The Balaban J connectivity index is 2.24. The summed E-state index contributed by atoms with van der Waals surface area (Å²) in [6, 6.07) is 3.29. The van der Waals surface area contributed by atoms with Gasteiger partial charge in [-0.25, -0.2) is 0 Å². The lowest BCUT2D eigenvalue weighted by Crippen LogP contribution is -2.36. The van der Waals surface area contributed by atoms with Crippen molar-refractivity contribution in [1.82, 2.24) is 5.32 Å². The smallest absolute Gasteiger partial charge is 0.315 e. The molecule has 3 nitrogen and oxygen atoms in total. The normalized spacial score (nSPS) is 12.8. The van der Waals surface area contributed by atoms with Crippen LogP contribution >= 0.6 is 0 Å². The van der Waals surface area contributed by atoms with Gasteiger partial charge in [-0.3, -0.25) is 4.79 Å². The summed E-state index contributed by atoms with van der Waals surface area (Å²) in [5, 5.41) is 2.21. The molecule has 5 heteroatoms. The van der Waals surface area contributed by atoms with Crippen LogP contribution in [0, 0.1) is 0 Å². The molecule has 84 valence electrons. The quantitative estimate of drug-likeness (QED) is 0.819. The summed E-state index contributed by atoms with van der Waals surface area (Å²) in [7, 11) is 0. The Kier molecular flexibility index (Phi) is 4.27. The Bertz CT molecular complexity index is 298. The zero-order valence-corrected chi connectivity index (χ0v) is 8.37. The van der Waals surface area contributed by atoms with E-state index in [1.807, 2.05) is 6.07 Å². The highest BCUT2D eigenvalue weighted by atomic mass is 19.3. The van der Waals surface area contributed by atoms with Gasteiger partial charge in [0.15, 0.2) is 0 Å². The number of furan rings is 1. The van der Waals surface area contributed by atoms with Crippen molar-refractivity contribution in [1.29, 1.82) is 0 Å². The van der Waals surface area contributed by atoms with Gasteiger partial charge in [0.05, 0.1) is 6.26 Å². The van der Waals surface area contributed by atoms with Crippen molar-refractivity contribution in [3.8, 4) is 0 Å². The van der Waals surface area contributed by atoms with Crippen molar-refractivity contribution < 1.29 is 18.0 Å². The molecule has 0 aliphatic carbocycles. The second kappa shape index (κ2) is 5.48. The fraction of sp³-hybridized carbons (Fsp3) is 0.500. The van der Waals surface area contributed by atoms with Crippen LogP contribution in [0.1, 0.15) is 19.1 Å². The molecule has 15 heavy (non-hydrogen) atoms. The van der Waals surface area contributed by atoms with Gasteiger partial charge in [-0.1, -0.05) is 0 Å². The molecule has 1 unspecified atom stereocenters. The molecule has 1 atom stereocenters. The van der Waals surface area contributed by atoms with Crippen LogP contribution in [0.15, 0.2) is 22.8 Å². The number of carbonyl (C=O) groups excluding carboxylic acids is 1. The molecule has 0 saturated carbocycles. The molecule has 0 radical (unpaired) electrons. The molecule has 0 aliphatic heterocycles. The lowest BCUT2D eigenvalue weighted by molar-refractivity contribution is -0.132. The first-order valence-electron chi connectivity index (χ1n) is 4.70. The molecule has 0 spiro atoms. The summed E-state index contributed by atoms with van der Waals surface area (Å²) >= 11 is 0. The maximum atomic E-state index is 11.9. The predicted octanol–water partition coefficient (Wildman–Crippen LogP) is 1.98. The Morgan fingerprint density at radius 3 is 2.87 bits per heavy atom. The average molecular weight is 217 g/mol. The number of aryl methyl sites for hydroxylation is 1. The standard InChI is InChI=1S/C10H13F2NO2/c1-7(13-10(14)9(11)12)4-5-8-3-2-6-15-8/h2-3,6-7,9H,4-5H2,1H3,(H,13,14). The fourth-order valence-electron chi connectivity index (χ4n) is 1.19. The maximum absolute atomic E-state index is 11.9. The Hall–Kier alpha value is -1.39. The molecular weight excluding hydrogens is 204 g/mol. The summed E-state index contributed by atoms with van der Waals surface area (Å²) in [6.07, 6.45) is -0.197. The lowest BCUT2D eigenvalue weighted by Gasteiger charge is -2.12. The van der Waals surface area contributed by atoms with Crippen molar-refractivity contribution in [3.63, 3.8) is 0 Å². The van der Waals surface area contributed by atoms with Gasteiger partial charge >= 0.3 is 6.43 Å². The third kappa shape index (κ3) is 4.10. The SMILES string of the molecule is CC(CCc1ccco1)NC(=O)C(F)F. The Morgan fingerprint density at radius 1 is 1.60 bits per heavy atom. The first kappa shape index (κ1) is 11.7. The van der Waals surface area contributed by atoms with Crippen LogP contribution in [0.25, 0.3) is 0 Å². The summed E-state index contributed by atoms with van der Waals surface area (Å²) in [5.41, 5.74) is 0. The third-order valence-corrected chi connectivity index (χ3v) is 1.99. The number of halogens is 2. The zero-order valence-electron chi connectivity index (χ0n) is 8.37. The van der Waals surface area contributed by atoms with Gasteiger partial charge in [-0.05, 0) is 25.5 Å². The highest BCUT2D eigenvalue weighted by Crippen LogP contribution is 2.06. The van der Waals surface area contributed by atoms with Crippen LogP contribution in [-0.4, -0.2) is 18.4 Å². The number of carbonyl (C=O) groups is 1. The van der Waals surface area contributed by atoms with Crippen molar-refractivity contribution in [2.24, 2.45) is 0 Å². The topological polar surface area (TPSA) is 42.2 Å². The Labute approximate surface area is 86.5 Å². The van der Waals surface area contributed by atoms with Gasteiger partial charge in [0.2, 0.25) is 0 Å². The molecule has 0 aromatic carbocycles. The van der Waals surface area contributed by atoms with E-state index in [1.165, 1.54) is 0 Å². The van der Waals surface area contributed by atoms with Crippen LogP contribution in [-0.2, 0) is 11.2 Å². The predicted molar refractivity (Wildman–Crippen MR) is 50.6 cm³/mol. The lowest BCUT2D eigenvalue weighted by atomic mass is 10.1.